The van der Waals surface area contributed by atoms with Gasteiger partial charge in [-0.1, -0.05) is 30.3 Å². The van der Waals surface area contributed by atoms with Gasteiger partial charge in [0, 0.05) is 30.2 Å². The predicted molar refractivity (Wildman–Crippen MR) is 128 cm³/mol. The number of halogens is 3. The lowest BCUT2D eigenvalue weighted by molar-refractivity contribution is 0.0712. The normalized spacial score (nSPS) is 18.6. The summed E-state index contributed by atoms with van der Waals surface area (Å²) in [4.78, 5) is 0. The molecule has 34 heavy (non-hydrogen) atoms. The SMILES string of the molecule is CCN/C=C(\C=N)C(O)/C(=C/C(=N)C(F)F)NC1CC=C(F)C=C1[C@@H](C)OCc1ccccc1. The van der Waals surface area contributed by atoms with Crippen molar-refractivity contribution < 1.29 is 23.0 Å². The van der Waals surface area contributed by atoms with Crippen LogP contribution in [0.1, 0.15) is 25.8 Å². The Morgan fingerprint density at radius 3 is 2.62 bits per heavy atom. The van der Waals surface area contributed by atoms with E-state index in [9.17, 15) is 18.3 Å². The average Bonchev–Trinajstić information content (AvgIpc) is 2.83. The maximum Gasteiger partial charge on any atom is 0.279 e. The van der Waals surface area contributed by atoms with Crippen LogP contribution in [0.5, 0.6) is 0 Å². The van der Waals surface area contributed by atoms with Crippen LogP contribution in [0.2, 0.25) is 0 Å². The minimum absolute atomic E-state index is 0.0974. The number of rotatable bonds is 13. The zero-order chi connectivity index (χ0) is 25.1. The van der Waals surface area contributed by atoms with Crippen LogP contribution in [0.15, 0.2) is 77.4 Å². The van der Waals surface area contributed by atoms with Crippen molar-refractivity contribution in [2.45, 2.75) is 51.6 Å². The quantitative estimate of drug-likeness (QED) is 0.272. The highest BCUT2D eigenvalue weighted by molar-refractivity contribution is 5.95. The Bertz CT molecular complexity index is 958. The minimum Gasteiger partial charge on any atom is -0.391 e. The van der Waals surface area contributed by atoms with Crippen LogP contribution in [-0.4, -0.2) is 48.3 Å². The van der Waals surface area contributed by atoms with Crippen molar-refractivity contribution in [3.05, 3.63) is 83.0 Å². The molecule has 1 aliphatic carbocycles. The van der Waals surface area contributed by atoms with Gasteiger partial charge in [-0.05, 0) is 49.6 Å². The second kappa shape index (κ2) is 13.5. The second-order valence-electron chi connectivity index (χ2n) is 7.71. The van der Waals surface area contributed by atoms with Crippen LogP contribution in [0.4, 0.5) is 13.2 Å². The molecule has 0 amide bonds. The second-order valence-corrected chi connectivity index (χ2v) is 7.71. The van der Waals surface area contributed by atoms with Crippen molar-refractivity contribution >= 4 is 11.9 Å². The van der Waals surface area contributed by atoms with E-state index in [4.69, 9.17) is 15.6 Å². The number of aliphatic hydroxyl groups is 1. The van der Waals surface area contributed by atoms with Gasteiger partial charge in [0.05, 0.1) is 24.5 Å². The molecule has 184 valence electrons. The topological polar surface area (TPSA) is 101 Å². The molecule has 0 bridgehead atoms. The van der Waals surface area contributed by atoms with Crippen LogP contribution in [0, 0.1) is 10.8 Å². The van der Waals surface area contributed by atoms with Crippen LogP contribution in [-0.2, 0) is 11.3 Å². The first-order chi connectivity index (χ1) is 16.3. The van der Waals surface area contributed by atoms with Gasteiger partial charge in [0.1, 0.15) is 11.9 Å². The molecule has 5 N–H and O–H groups in total. The number of aliphatic hydroxyl groups excluding tert-OH is 1. The summed E-state index contributed by atoms with van der Waals surface area (Å²) < 4.78 is 46.2. The van der Waals surface area contributed by atoms with Crippen molar-refractivity contribution in [1.82, 2.24) is 10.6 Å². The summed E-state index contributed by atoms with van der Waals surface area (Å²) in [6.45, 7) is 4.40. The number of allylic oxidation sites excluding steroid dienone is 3. The molecule has 1 aromatic carbocycles. The Balaban J connectivity index is 2.28. The predicted octanol–water partition coefficient (Wildman–Crippen LogP) is 4.41. The van der Waals surface area contributed by atoms with Crippen LogP contribution in [0.3, 0.4) is 0 Å². The molecule has 9 heteroatoms. The van der Waals surface area contributed by atoms with Crippen LogP contribution in [0.25, 0.3) is 0 Å². The molecule has 0 saturated heterocycles. The number of ether oxygens (including phenoxy) is 1. The maximum atomic E-state index is 14.1. The van der Waals surface area contributed by atoms with Gasteiger partial charge in [0.15, 0.2) is 0 Å². The van der Waals surface area contributed by atoms with Gasteiger partial charge in [-0.25, -0.2) is 13.2 Å². The summed E-state index contributed by atoms with van der Waals surface area (Å²) in [6.07, 6.45) is 0.958. The Kier molecular flexibility index (Phi) is 10.8. The molecule has 0 heterocycles. The molecule has 0 radical (unpaired) electrons. The van der Waals surface area contributed by atoms with Gasteiger partial charge in [-0.15, -0.1) is 0 Å². The van der Waals surface area contributed by atoms with Crippen molar-refractivity contribution in [2.24, 2.45) is 0 Å². The van der Waals surface area contributed by atoms with Crippen molar-refractivity contribution in [3.8, 4) is 0 Å². The summed E-state index contributed by atoms with van der Waals surface area (Å²) in [7, 11) is 0. The molecule has 0 aliphatic heterocycles. The lowest BCUT2D eigenvalue weighted by Gasteiger charge is -2.31. The van der Waals surface area contributed by atoms with E-state index in [0.29, 0.717) is 18.7 Å². The Morgan fingerprint density at radius 2 is 2.00 bits per heavy atom. The third-order valence-electron chi connectivity index (χ3n) is 5.20. The van der Waals surface area contributed by atoms with E-state index >= 15 is 0 Å². The molecule has 0 saturated carbocycles. The highest BCUT2D eigenvalue weighted by Gasteiger charge is 2.27. The van der Waals surface area contributed by atoms with Gasteiger partial charge in [-0.3, -0.25) is 5.41 Å². The summed E-state index contributed by atoms with van der Waals surface area (Å²) in [6, 6.07) is 8.88. The third-order valence-corrected chi connectivity index (χ3v) is 5.20. The molecule has 0 spiro atoms. The molecule has 0 fully saturated rings. The summed E-state index contributed by atoms with van der Waals surface area (Å²) in [5.74, 6) is -0.443. The van der Waals surface area contributed by atoms with E-state index in [-0.39, 0.29) is 17.7 Å². The summed E-state index contributed by atoms with van der Waals surface area (Å²) in [5.41, 5.74) is 0.492. The Morgan fingerprint density at radius 1 is 1.29 bits per heavy atom. The smallest absolute Gasteiger partial charge is 0.279 e. The van der Waals surface area contributed by atoms with E-state index < -0.39 is 36.2 Å². The monoisotopic (exact) mass is 476 g/mol. The number of benzene rings is 1. The highest BCUT2D eigenvalue weighted by atomic mass is 19.3. The van der Waals surface area contributed by atoms with Gasteiger partial charge in [0.2, 0.25) is 0 Å². The van der Waals surface area contributed by atoms with Crippen LogP contribution >= 0.6 is 0 Å². The lowest BCUT2D eigenvalue weighted by atomic mass is 9.93. The number of alkyl halides is 2. The van der Waals surface area contributed by atoms with Crippen molar-refractivity contribution in [3.63, 3.8) is 0 Å². The van der Waals surface area contributed by atoms with Crippen molar-refractivity contribution in [1.29, 1.82) is 10.8 Å². The average molecular weight is 477 g/mol. The molecule has 0 aromatic heterocycles. The Hall–Kier alpha value is -3.17. The van der Waals surface area contributed by atoms with Crippen LogP contribution < -0.4 is 10.6 Å². The standard InChI is InChI=1S/C25H31F3N4O2/c1-3-31-14-18(13-29)24(33)23(12-21(30)25(27)28)32-22-10-9-19(26)11-20(22)16(2)34-15-17-7-5-4-6-8-17/h4-9,11-14,16,22,24-25,29-33H,3,10,15H2,1-2H3/b18-14+,23-12-,29-13?,30-21?/t16-,22?,24?/m1/s1. The minimum atomic E-state index is -3.04. The molecule has 3 atom stereocenters. The fourth-order valence-electron chi connectivity index (χ4n) is 3.35. The summed E-state index contributed by atoms with van der Waals surface area (Å²) in [5, 5.41) is 31.8. The van der Waals surface area contributed by atoms with Gasteiger partial charge >= 0.3 is 0 Å². The van der Waals surface area contributed by atoms with Gasteiger partial charge < -0.3 is 25.9 Å². The highest BCUT2D eigenvalue weighted by Crippen LogP contribution is 2.26. The fourth-order valence-corrected chi connectivity index (χ4v) is 3.35. The molecular formula is C25H31F3N4O2. The molecular weight excluding hydrogens is 445 g/mol. The first kappa shape index (κ1) is 27.1. The number of hydrogen-bond donors (Lipinski definition) is 5. The maximum absolute atomic E-state index is 14.1. The third kappa shape index (κ3) is 8.00. The molecule has 2 unspecified atom stereocenters. The largest absolute Gasteiger partial charge is 0.391 e. The zero-order valence-electron chi connectivity index (χ0n) is 19.2. The van der Waals surface area contributed by atoms with E-state index in [1.54, 1.807) is 6.92 Å². The zero-order valence-corrected chi connectivity index (χ0v) is 19.2. The number of hydrogen-bond acceptors (Lipinski definition) is 6. The van der Waals surface area contributed by atoms with E-state index in [2.05, 4.69) is 10.6 Å². The molecule has 6 nitrogen and oxygen atoms in total. The molecule has 2 rings (SSSR count). The van der Waals surface area contributed by atoms with E-state index in [1.165, 1.54) is 18.4 Å². The fraction of sp³-hybridized carbons (Fsp3) is 0.360. The first-order valence-electron chi connectivity index (χ1n) is 11.0. The van der Waals surface area contributed by atoms with Gasteiger partial charge in [0.25, 0.3) is 6.43 Å². The van der Waals surface area contributed by atoms with Crippen molar-refractivity contribution in [2.75, 3.05) is 6.54 Å². The lowest BCUT2D eigenvalue weighted by Crippen LogP contribution is -2.40. The van der Waals surface area contributed by atoms with E-state index in [0.717, 1.165) is 17.9 Å². The molecule has 1 aromatic rings. The van der Waals surface area contributed by atoms with E-state index in [1.807, 2.05) is 37.3 Å². The van der Waals surface area contributed by atoms with Gasteiger partial charge in [-0.2, -0.15) is 0 Å². The Labute approximate surface area is 197 Å². The first-order valence-corrected chi connectivity index (χ1v) is 11.0. The number of nitrogens with one attached hydrogen (secondary N) is 4. The molecule has 1 aliphatic rings. The summed E-state index contributed by atoms with van der Waals surface area (Å²) >= 11 is 0.